The van der Waals surface area contributed by atoms with Crippen LogP contribution in [0.25, 0.3) is 17.2 Å². The van der Waals surface area contributed by atoms with Gasteiger partial charge in [0, 0.05) is 23.6 Å². The van der Waals surface area contributed by atoms with Crippen LogP contribution in [0.1, 0.15) is 40.7 Å². The molecule has 0 fully saturated rings. The van der Waals surface area contributed by atoms with E-state index in [2.05, 4.69) is 33.2 Å². The number of nitrogens with one attached hydrogen (secondary N) is 2. The largest absolute Gasteiger partial charge is 0.329 e. The predicted molar refractivity (Wildman–Crippen MR) is 129 cm³/mol. The van der Waals surface area contributed by atoms with E-state index in [0.29, 0.717) is 0 Å². The fourth-order valence-electron chi connectivity index (χ4n) is 4.66. The van der Waals surface area contributed by atoms with Gasteiger partial charge >= 0.3 is 6.03 Å². The van der Waals surface area contributed by atoms with Crippen LogP contribution in [0, 0.1) is 0 Å². The van der Waals surface area contributed by atoms with E-state index in [1.165, 1.54) is 47.0 Å². The minimum Gasteiger partial charge on any atom is -0.307 e. The van der Waals surface area contributed by atoms with Crippen molar-refractivity contribution >= 4 is 29.7 Å². The van der Waals surface area contributed by atoms with Crippen molar-refractivity contribution in [1.82, 2.24) is 9.71 Å². The number of urea groups is 1. The second-order valence-corrected chi connectivity index (χ2v) is 8.79. The molecule has 5 rings (SSSR count). The van der Waals surface area contributed by atoms with Crippen molar-refractivity contribution in [2.45, 2.75) is 38.5 Å². The third-order valence-electron chi connectivity index (χ3n) is 6.07. The second kappa shape index (κ2) is 8.98. The number of carbonyl (C=O) groups excluding carboxylic acids is 1. The summed E-state index contributed by atoms with van der Waals surface area (Å²) < 4.78 is 2.90. The predicted octanol–water partition coefficient (Wildman–Crippen LogP) is 6.17. The minimum atomic E-state index is -0.159. The van der Waals surface area contributed by atoms with Crippen LogP contribution in [0.4, 0.5) is 10.5 Å². The van der Waals surface area contributed by atoms with E-state index in [-0.39, 0.29) is 6.03 Å². The Morgan fingerprint density at radius 1 is 0.935 bits per heavy atom. The van der Waals surface area contributed by atoms with Gasteiger partial charge in [-0.2, -0.15) is 0 Å². The molecule has 0 aliphatic heterocycles. The zero-order valence-corrected chi connectivity index (χ0v) is 18.2. The summed E-state index contributed by atoms with van der Waals surface area (Å²) >= 11 is 1.29. The molecule has 3 aromatic rings. The molecule has 0 spiro atoms. The summed E-state index contributed by atoms with van der Waals surface area (Å²) in [5, 5.41) is 5.06. The topological polar surface area (TPSA) is 54.0 Å². The zero-order chi connectivity index (χ0) is 21.0. The highest BCUT2D eigenvalue weighted by Crippen LogP contribution is 2.38. The van der Waals surface area contributed by atoms with Gasteiger partial charge in [-0.25, -0.2) is 4.79 Å². The van der Waals surface area contributed by atoms with Gasteiger partial charge in [0.05, 0.1) is 0 Å². The number of hydrogen-bond acceptors (Lipinski definition) is 3. The average Bonchev–Trinajstić information content (AvgIpc) is 3.47. The molecule has 2 N–H and O–H groups in total. The first kappa shape index (κ1) is 19.9. The Morgan fingerprint density at radius 2 is 1.71 bits per heavy atom. The Bertz CT molecular complexity index is 1110. The first-order valence-electron chi connectivity index (χ1n) is 10.8. The number of hydrogen-bond donors (Lipinski definition) is 2. The molecule has 5 heteroatoms. The van der Waals surface area contributed by atoms with E-state index in [4.69, 9.17) is 0 Å². The maximum Gasteiger partial charge on any atom is 0.329 e. The summed E-state index contributed by atoms with van der Waals surface area (Å²) in [5.41, 5.74) is 9.92. The van der Waals surface area contributed by atoms with Crippen LogP contribution in [0.2, 0.25) is 0 Å². The van der Waals surface area contributed by atoms with Crippen molar-refractivity contribution in [2.24, 2.45) is 0 Å². The number of aryl methyl sites for hydroxylation is 2. The van der Waals surface area contributed by atoms with E-state index in [1.54, 1.807) is 6.20 Å². The van der Waals surface area contributed by atoms with Crippen LogP contribution in [0.5, 0.6) is 0 Å². The van der Waals surface area contributed by atoms with Gasteiger partial charge in [-0.3, -0.25) is 9.71 Å². The lowest BCUT2D eigenvalue weighted by Crippen LogP contribution is -2.23. The van der Waals surface area contributed by atoms with Crippen molar-refractivity contribution in [1.29, 1.82) is 0 Å². The van der Waals surface area contributed by atoms with Crippen LogP contribution in [0.3, 0.4) is 0 Å². The Labute approximate surface area is 187 Å². The smallest absolute Gasteiger partial charge is 0.307 e. The summed E-state index contributed by atoms with van der Waals surface area (Å²) in [4.78, 5) is 16.8. The van der Waals surface area contributed by atoms with Gasteiger partial charge in [-0.15, -0.1) is 0 Å². The van der Waals surface area contributed by atoms with Gasteiger partial charge in [0.1, 0.15) is 0 Å². The highest BCUT2D eigenvalue weighted by atomic mass is 32.2. The molecule has 2 aliphatic rings. The molecular weight excluding hydrogens is 402 g/mol. The molecule has 0 radical (unpaired) electrons. The monoisotopic (exact) mass is 427 g/mol. The zero-order valence-electron chi connectivity index (χ0n) is 17.4. The van der Waals surface area contributed by atoms with E-state index in [1.807, 2.05) is 41.9 Å². The number of aromatic nitrogens is 1. The van der Waals surface area contributed by atoms with Crippen LogP contribution >= 0.6 is 11.9 Å². The molecule has 31 heavy (non-hydrogen) atoms. The summed E-state index contributed by atoms with van der Waals surface area (Å²) in [7, 11) is 0. The molecular formula is C26H25N3OS. The quantitative estimate of drug-likeness (QED) is 0.479. The molecule has 156 valence electrons. The maximum atomic E-state index is 12.6. The standard InChI is InChI=1S/C26H25N3OS/c30-26(28-25-23-10-2-7-20(23)16-21-8-3-11-24(21)25)29-31-14-12-18-5-1-6-19(15-18)22-9-4-13-27-17-22/h1,4-6,9,12-17H,2-3,7-8,10-11H2,(H2,28,29,30)/b14-12+. The van der Waals surface area contributed by atoms with Crippen molar-refractivity contribution in [2.75, 3.05) is 5.32 Å². The van der Waals surface area contributed by atoms with E-state index in [9.17, 15) is 4.79 Å². The first-order valence-corrected chi connectivity index (χ1v) is 11.7. The number of anilines is 1. The number of carbonyl (C=O) groups is 1. The van der Waals surface area contributed by atoms with Crippen molar-refractivity contribution in [3.05, 3.63) is 88.1 Å². The maximum absolute atomic E-state index is 12.6. The Morgan fingerprint density at radius 3 is 2.45 bits per heavy atom. The normalized spacial score (nSPS) is 14.5. The van der Waals surface area contributed by atoms with Crippen molar-refractivity contribution in [3.63, 3.8) is 0 Å². The molecule has 4 nitrogen and oxygen atoms in total. The fraction of sp³-hybridized carbons (Fsp3) is 0.231. The van der Waals surface area contributed by atoms with E-state index >= 15 is 0 Å². The molecule has 0 saturated heterocycles. The van der Waals surface area contributed by atoms with Gasteiger partial charge in [-0.05, 0) is 107 Å². The third-order valence-corrected chi connectivity index (χ3v) is 6.65. The van der Waals surface area contributed by atoms with Crippen LogP contribution in [-0.4, -0.2) is 11.0 Å². The first-order chi connectivity index (χ1) is 15.3. The lowest BCUT2D eigenvalue weighted by molar-refractivity contribution is 0.257. The molecule has 0 saturated carbocycles. The highest BCUT2D eigenvalue weighted by molar-refractivity contribution is 8.00. The average molecular weight is 428 g/mol. The molecule has 1 heterocycles. The minimum absolute atomic E-state index is 0.159. The number of rotatable bonds is 5. The van der Waals surface area contributed by atoms with E-state index < -0.39 is 0 Å². The van der Waals surface area contributed by atoms with Gasteiger partial charge in [-0.1, -0.05) is 30.3 Å². The van der Waals surface area contributed by atoms with Gasteiger partial charge < -0.3 is 5.32 Å². The summed E-state index contributed by atoms with van der Waals surface area (Å²) in [6.45, 7) is 0. The molecule has 2 aromatic carbocycles. The van der Waals surface area contributed by atoms with Gasteiger partial charge in [0.2, 0.25) is 0 Å². The molecule has 2 aliphatic carbocycles. The fourth-order valence-corrected chi connectivity index (χ4v) is 5.11. The summed E-state index contributed by atoms with van der Waals surface area (Å²) in [6.07, 6.45) is 12.4. The van der Waals surface area contributed by atoms with Crippen molar-refractivity contribution in [3.8, 4) is 11.1 Å². The highest BCUT2D eigenvalue weighted by Gasteiger charge is 2.24. The number of amides is 2. The SMILES string of the molecule is O=C(NS/C=C/c1cccc(-c2cccnc2)c1)Nc1c2c(cc3c1CCC3)CCC2. The summed E-state index contributed by atoms with van der Waals surface area (Å²) in [5.74, 6) is 0. The summed E-state index contributed by atoms with van der Waals surface area (Å²) in [6, 6.07) is 14.5. The molecule has 2 amide bonds. The van der Waals surface area contributed by atoms with E-state index in [0.717, 1.165) is 48.1 Å². The second-order valence-electron chi connectivity index (χ2n) is 8.08. The number of benzene rings is 2. The van der Waals surface area contributed by atoms with Gasteiger partial charge in [0.15, 0.2) is 0 Å². The van der Waals surface area contributed by atoms with Crippen LogP contribution in [-0.2, 0) is 25.7 Å². The lowest BCUT2D eigenvalue weighted by atomic mass is 9.99. The van der Waals surface area contributed by atoms with Crippen molar-refractivity contribution < 1.29 is 4.79 Å². The Hall–Kier alpha value is -3.05. The molecule has 0 unspecified atom stereocenters. The number of nitrogens with zero attached hydrogens (tertiary/aromatic N) is 1. The molecule has 0 bridgehead atoms. The molecule has 1 aromatic heterocycles. The van der Waals surface area contributed by atoms with Crippen LogP contribution < -0.4 is 10.0 Å². The Balaban J connectivity index is 1.22. The molecule has 0 atom stereocenters. The number of fused-ring (bicyclic) bond motifs is 2. The third kappa shape index (κ3) is 4.37. The Kier molecular flexibility index (Phi) is 5.76. The van der Waals surface area contributed by atoms with Crippen LogP contribution in [0.15, 0.2) is 60.3 Å². The number of pyridine rings is 1. The van der Waals surface area contributed by atoms with Gasteiger partial charge in [0.25, 0.3) is 0 Å². The lowest BCUT2D eigenvalue weighted by Gasteiger charge is -2.16.